The van der Waals surface area contributed by atoms with E-state index in [9.17, 15) is 9.59 Å². The summed E-state index contributed by atoms with van der Waals surface area (Å²) in [5.74, 6) is 0.323. The Balaban J connectivity index is 1.93. The number of carbonyl (C=O) groups is 2. The number of anilines is 1. The Morgan fingerprint density at radius 2 is 1.89 bits per heavy atom. The number of carbonyl (C=O) groups excluding carboxylic acids is 2. The molecule has 0 fully saturated rings. The number of para-hydroxylation sites is 1. The monoisotopic (exact) mass is 495 g/mol. The highest BCUT2D eigenvalue weighted by Gasteiger charge is 2.13. The van der Waals surface area contributed by atoms with E-state index in [1.54, 1.807) is 37.4 Å². The summed E-state index contributed by atoms with van der Waals surface area (Å²) < 4.78 is 12.0. The Bertz CT molecular complexity index is 854. The molecular formula is C20H22IN3O4. The number of methoxy groups -OCH3 is 1. The number of nitrogens with zero attached hydrogens (tertiary/aromatic N) is 1. The van der Waals surface area contributed by atoms with Crippen LogP contribution in [-0.4, -0.2) is 31.2 Å². The lowest BCUT2D eigenvalue weighted by atomic mass is 10.2. The van der Waals surface area contributed by atoms with Crippen molar-refractivity contribution in [1.82, 2.24) is 5.43 Å². The van der Waals surface area contributed by atoms with E-state index in [4.69, 9.17) is 9.47 Å². The van der Waals surface area contributed by atoms with Crippen LogP contribution in [0.1, 0.15) is 25.8 Å². The van der Waals surface area contributed by atoms with Crippen molar-refractivity contribution in [2.24, 2.45) is 5.10 Å². The standard InChI is InChI=1S/C20H22IN3O4/c1-13(2)28-20-16(21)9-14(10-17(20)27-3)12-22-24-19(26)11-18(25)23-15-7-5-4-6-8-15/h4-10,12-13H,11H2,1-3H3,(H,23,25)(H,24,26). The highest BCUT2D eigenvalue weighted by molar-refractivity contribution is 14.1. The molecule has 0 heterocycles. The highest BCUT2D eigenvalue weighted by atomic mass is 127. The number of hydrogen-bond acceptors (Lipinski definition) is 5. The van der Waals surface area contributed by atoms with Gasteiger partial charge in [-0.2, -0.15) is 5.10 Å². The van der Waals surface area contributed by atoms with Crippen LogP contribution < -0.4 is 20.2 Å². The van der Waals surface area contributed by atoms with Gasteiger partial charge >= 0.3 is 0 Å². The van der Waals surface area contributed by atoms with Crippen LogP contribution in [0.15, 0.2) is 47.6 Å². The topological polar surface area (TPSA) is 89.0 Å². The number of ether oxygens (including phenoxy) is 2. The van der Waals surface area contributed by atoms with Gasteiger partial charge in [0.1, 0.15) is 6.42 Å². The molecule has 2 aromatic rings. The number of rotatable bonds is 8. The quantitative estimate of drug-likeness (QED) is 0.254. The molecule has 0 unspecified atom stereocenters. The maximum Gasteiger partial charge on any atom is 0.249 e. The molecule has 2 aromatic carbocycles. The summed E-state index contributed by atoms with van der Waals surface area (Å²) >= 11 is 2.15. The molecule has 0 atom stereocenters. The van der Waals surface area contributed by atoms with Gasteiger partial charge < -0.3 is 14.8 Å². The molecule has 0 bridgehead atoms. The first kappa shape index (κ1) is 21.7. The molecule has 0 aliphatic heterocycles. The number of hydrazone groups is 1. The average Bonchev–Trinajstić information content (AvgIpc) is 2.64. The van der Waals surface area contributed by atoms with Crippen molar-refractivity contribution in [3.05, 3.63) is 51.6 Å². The molecule has 0 saturated heterocycles. The number of nitrogens with one attached hydrogen (secondary N) is 2. The van der Waals surface area contributed by atoms with Gasteiger partial charge in [0, 0.05) is 5.69 Å². The van der Waals surface area contributed by atoms with E-state index in [1.165, 1.54) is 6.21 Å². The zero-order valence-electron chi connectivity index (χ0n) is 15.9. The van der Waals surface area contributed by atoms with Crippen molar-refractivity contribution in [3.63, 3.8) is 0 Å². The predicted molar refractivity (Wildman–Crippen MR) is 117 cm³/mol. The lowest BCUT2D eigenvalue weighted by Crippen LogP contribution is -2.24. The summed E-state index contributed by atoms with van der Waals surface area (Å²) in [5.41, 5.74) is 3.71. The van der Waals surface area contributed by atoms with Crippen molar-refractivity contribution < 1.29 is 19.1 Å². The first-order chi connectivity index (χ1) is 13.4. The molecule has 0 aliphatic rings. The third kappa shape index (κ3) is 6.84. The predicted octanol–water partition coefficient (Wildman–Crippen LogP) is 3.57. The fourth-order valence-electron chi connectivity index (χ4n) is 2.26. The minimum atomic E-state index is -0.508. The molecule has 148 valence electrons. The van der Waals surface area contributed by atoms with Crippen LogP contribution in [0.4, 0.5) is 5.69 Å². The number of amides is 2. The Kier molecular flexibility index (Phi) is 8.24. The van der Waals surface area contributed by atoms with Gasteiger partial charge in [-0.05, 0) is 66.3 Å². The molecule has 0 aromatic heterocycles. The maximum atomic E-state index is 11.9. The molecule has 2 rings (SSSR count). The Hall–Kier alpha value is -2.62. The average molecular weight is 495 g/mol. The first-order valence-corrected chi connectivity index (χ1v) is 9.68. The Morgan fingerprint density at radius 1 is 1.18 bits per heavy atom. The van der Waals surface area contributed by atoms with Crippen molar-refractivity contribution >= 4 is 46.3 Å². The maximum absolute atomic E-state index is 11.9. The van der Waals surface area contributed by atoms with Crippen molar-refractivity contribution in [3.8, 4) is 11.5 Å². The Morgan fingerprint density at radius 3 is 2.54 bits per heavy atom. The molecule has 8 heteroatoms. The minimum absolute atomic E-state index is 0.0169. The van der Waals surface area contributed by atoms with Gasteiger partial charge in [-0.15, -0.1) is 0 Å². The largest absolute Gasteiger partial charge is 0.493 e. The zero-order chi connectivity index (χ0) is 20.5. The third-order valence-corrected chi connectivity index (χ3v) is 4.19. The van der Waals surface area contributed by atoms with E-state index in [1.807, 2.05) is 26.0 Å². The molecule has 7 nitrogen and oxygen atoms in total. The summed E-state index contributed by atoms with van der Waals surface area (Å²) in [6, 6.07) is 12.6. The fourth-order valence-corrected chi connectivity index (χ4v) is 3.01. The molecule has 0 radical (unpaired) electrons. The zero-order valence-corrected chi connectivity index (χ0v) is 18.0. The van der Waals surface area contributed by atoms with Gasteiger partial charge in [-0.1, -0.05) is 18.2 Å². The number of benzene rings is 2. The number of halogens is 1. The van der Waals surface area contributed by atoms with E-state index in [-0.39, 0.29) is 12.5 Å². The molecular weight excluding hydrogens is 473 g/mol. The molecule has 28 heavy (non-hydrogen) atoms. The van der Waals surface area contributed by atoms with Crippen molar-refractivity contribution in [1.29, 1.82) is 0 Å². The molecule has 0 spiro atoms. The first-order valence-electron chi connectivity index (χ1n) is 8.60. The van der Waals surface area contributed by atoms with Crippen molar-refractivity contribution in [2.75, 3.05) is 12.4 Å². The summed E-state index contributed by atoms with van der Waals surface area (Å²) in [7, 11) is 1.56. The van der Waals surface area contributed by atoms with E-state index >= 15 is 0 Å². The number of hydrogen-bond donors (Lipinski definition) is 2. The molecule has 2 amide bonds. The summed E-state index contributed by atoms with van der Waals surface area (Å²) in [4.78, 5) is 23.7. The summed E-state index contributed by atoms with van der Waals surface area (Å²) in [6.45, 7) is 3.88. The smallest absolute Gasteiger partial charge is 0.249 e. The van der Waals surface area contributed by atoms with Gasteiger partial charge in [0.05, 0.1) is 23.0 Å². The van der Waals surface area contributed by atoms with E-state index in [0.29, 0.717) is 17.2 Å². The second-order valence-electron chi connectivity index (χ2n) is 6.08. The van der Waals surface area contributed by atoms with E-state index < -0.39 is 11.8 Å². The second-order valence-corrected chi connectivity index (χ2v) is 7.25. The lowest BCUT2D eigenvalue weighted by molar-refractivity contribution is -0.126. The van der Waals surface area contributed by atoms with Gasteiger partial charge in [0.2, 0.25) is 11.8 Å². The highest BCUT2D eigenvalue weighted by Crippen LogP contribution is 2.34. The van der Waals surface area contributed by atoms with Crippen LogP contribution in [0.25, 0.3) is 0 Å². The SMILES string of the molecule is COc1cc(C=NNC(=O)CC(=O)Nc2ccccc2)cc(I)c1OC(C)C. The second kappa shape index (κ2) is 10.6. The van der Waals surface area contributed by atoms with Crippen LogP contribution in [0.2, 0.25) is 0 Å². The van der Waals surface area contributed by atoms with Crippen LogP contribution in [0.5, 0.6) is 11.5 Å². The van der Waals surface area contributed by atoms with Gasteiger partial charge in [-0.25, -0.2) is 5.43 Å². The third-order valence-electron chi connectivity index (χ3n) is 3.39. The minimum Gasteiger partial charge on any atom is -0.493 e. The van der Waals surface area contributed by atoms with Crippen LogP contribution >= 0.6 is 22.6 Å². The van der Waals surface area contributed by atoms with Crippen LogP contribution in [0.3, 0.4) is 0 Å². The van der Waals surface area contributed by atoms with Crippen molar-refractivity contribution in [2.45, 2.75) is 26.4 Å². The lowest BCUT2D eigenvalue weighted by Gasteiger charge is -2.15. The Labute approximate surface area is 177 Å². The normalized spacial score (nSPS) is 10.8. The van der Waals surface area contributed by atoms with E-state index in [2.05, 4.69) is 38.4 Å². The van der Waals surface area contributed by atoms with E-state index in [0.717, 1.165) is 9.13 Å². The molecule has 0 aliphatic carbocycles. The summed E-state index contributed by atoms with van der Waals surface area (Å²) in [5, 5.41) is 6.55. The summed E-state index contributed by atoms with van der Waals surface area (Å²) in [6.07, 6.45) is 1.17. The molecule has 2 N–H and O–H groups in total. The molecule has 0 saturated carbocycles. The van der Waals surface area contributed by atoms with Gasteiger partial charge in [0.25, 0.3) is 0 Å². The van der Waals surface area contributed by atoms with Crippen LogP contribution in [-0.2, 0) is 9.59 Å². The van der Waals surface area contributed by atoms with Gasteiger partial charge in [0.15, 0.2) is 11.5 Å². The van der Waals surface area contributed by atoms with Gasteiger partial charge in [-0.3, -0.25) is 9.59 Å². The van der Waals surface area contributed by atoms with Crippen LogP contribution in [0, 0.1) is 3.57 Å². The fraction of sp³-hybridized carbons (Fsp3) is 0.250.